The zero-order chi connectivity index (χ0) is 11.9. The number of pyridine rings is 1. The smallest absolute Gasteiger partial charge is 0.534 e. The molecule has 2 N–H and O–H groups in total. The molecule has 1 aliphatic rings. The highest BCUT2D eigenvalue weighted by atomic mass is 16.7. The van der Waals surface area contributed by atoms with E-state index in [2.05, 4.69) is 11.6 Å². The summed E-state index contributed by atoms with van der Waals surface area (Å²) in [6.07, 6.45) is 1.68. The Kier molecular flexibility index (Phi) is 2.42. The SMILES string of the molecule is C=C1OB(c2cnc(N)cc2C)OC1(C)C. The van der Waals surface area contributed by atoms with Gasteiger partial charge < -0.3 is 15.0 Å². The largest absolute Gasteiger partial charge is 0.565 e. The maximum atomic E-state index is 5.77. The molecule has 4 nitrogen and oxygen atoms in total. The van der Waals surface area contributed by atoms with Crippen LogP contribution in [0.15, 0.2) is 24.6 Å². The van der Waals surface area contributed by atoms with Gasteiger partial charge in [0.15, 0.2) is 0 Å². The number of hydrogen-bond donors (Lipinski definition) is 1. The standard InChI is InChI=1S/C11H15BN2O2/c1-7-5-10(13)14-6-9(7)12-15-8(2)11(3,4)16-12/h5-6H,2H2,1,3-4H3,(H2,13,14). The number of anilines is 1. The fraction of sp³-hybridized carbons (Fsp3) is 0.364. The minimum Gasteiger partial charge on any atom is -0.534 e. The first-order chi connectivity index (χ1) is 7.40. The van der Waals surface area contributed by atoms with E-state index in [1.807, 2.05) is 20.8 Å². The van der Waals surface area contributed by atoms with Crippen molar-refractivity contribution >= 4 is 18.4 Å². The van der Waals surface area contributed by atoms with E-state index < -0.39 is 12.7 Å². The van der Waals surface area contributed by atoms with Gasteiger partial charge in [0.05, 0.1) is 5.76 Å². The fourth-order valence-corrected chi connectivity index (χ4v) is 1.59. The molecule has 0 aliphatic carbocycles. The summed E-state index contributed by atoms with van der Waals surface area (Å²) >= 11 is 0. The van der Waals surface area contributed by atoms with Gasteiger partial charge in [-0.2, -0.15) is 0 Å². The van der Waals surface area contributed by atoms with Crippen LogP contribution in [0.2, 0.25) is 0 Å². The van der Waals surface area contributed by atoms with Gasteiger partial charge in [-0.05, 0) is 32.4 Å². The molecule has 0 unspecified atom stereocenters. The highest BCUT2D eigenvalue weighted by Crippen LogP contribution is 2.29. The summed E-state index contributed by atoms with van der Waals surface area (Å²) in [4.78, 5) is 4.05. The molecule has 0 radical (unpaired) electrons. The van der Waals surface area contributed by atoms with E-state index in [1.54, 1.807) is 12.3 Å². The van der Waals surface area contributed by atoms with Crippen LogP contribution in [0.3, 0.4) is 0 Å². The summed E-state index contributed by atoms with van der Waals surface area (Å²) in [6.45, 7) is 9.64. The normalized spacial score (nSPS) is 18.7. The number of aryl methyl sites for hydroxylation is 1. The van der Waals surface area contributed by atoms with Crippen molar-refractivity contribution < 1.29 is 9.31 Å². The summed E-state index contributed by atoms with van der Waals surface area (Å²) in [7, 11) is -0.435. The lowest BCUT2D eigenvalue weighted by Crippen LogP contribution is -2.36. The number of rotatable bonds is 1. The molecular formula is C11H15BN2O2. The predicted molar refractivity (Wildman–Crippen MR) is 64.2 cm³/mol. The Morgan fingerprint density at radius 2 is 2.19 bits per heavy atom. The average molecular weight is 218 g/mol. The van der Waals surface area contributed by atoms with E-state index >= 15 is 0 Å². The van der Waals surface area contributed by atoms with Crippen molar-refractivity contribution in [1.82, 2.24) is 4.98 Å². The van der Waals surface area contributed by atoms with Crippen molar-refractivity contribution in [3.05, 3.63) is 30.2 Å². The van der Waals surface area contributed by atoms with Gasteiger partial charge in [0, 0.05) is 11.7 Å². The third-order valence-electron chi connectivity index (χ3n) is 2.75. The molecule has 16 heavy (non-hydrogen) atoms. The minimum absolute atomic E-state index is 0.435. The van der Waals surface area contributed by atoms with Crippen LogP contribution in [0.4, 0.5) is 5.82 Å². The average Bonchev–Trinajstić information content (AvgIpc) is 2.40. The fourth-order valence-electron chi connectivity index (χ4n) is 1.59. The summed E-state index contributed by atoms with van der Waals surface area (Å²) in [5.74, 6) is 1.13. The third-order valence-corrected chi connectivity index (χ3v) is 2.75. The second-order valence-corrected chi connectivity index (χ2v) is 4.47. The lowest BCUT2D eigenvalue weighted by Gasteiger charge is -2.15. The Balaban J connectivity index is 2.30. The van der Waals surface area contributed by atoms with E-state index in [0.29, 0.717) is 11.6 Å². The van der Waals surface area contributed by atoms with Crippen LogP contribution >= 0.6 is 0 Å². The van der Waals surface area contributed by atoms with Gasteiger partial charge in [0.2, 0.25) is 0 Å². The Labute approximate surface area is 95.6 Å². The maximum absolute atomic E-state index is 5.77. The zero-order valence-corrected chi connectivity index (χ0v) is 9.78. The second kappa shape index (κ2) is 3.52. The first-order valence-corrected chi connectivity index (χ1v) is 5.16. The summed E-state index contributed by atoms with van der Waals surface area (Å²) < 4.78 is 11.4. The van der Waals surface area contributed by atoms with Crippen molar-refractivity contribution in [1.29, 1.82) is 0 Å². The zero-order valence-electron chi connectivity index (χ0n) is 9.78. The molecule has 5 heteroatoms. The summed E-state index contributed by atoms with van der Waals surface area (Å²) in [5.41, 5.74) is 7.03. The van der Waals surface area contributed by atoms with Crippen LogP contribution in [-0.4, -0.2) is 17.7 Å². The van der Waals surface area contributed by atoms with Gasteiger partial charge in [-0.3, -0.25) is 0 Å². The van der Waals surface area contributed by atoms with Crippen molar-refractivity contribution in [2.75, 3.05) is 5.73 Å². The van der Waals surface area contributed by atoms with E-state index in [-0.39, 0.29) is 0 Å². The van der Waals surface area contributed by atoms with E-state index in [9.17, 15) is 0 Å². The topological polar surface area (TPSA) is 57.4 Å². The van der Waals surface area contributed by atoms with Gasteiger partial charge in [-0.25, -0.2) is 4.98 Å². The number of hydrogen-bond acceptors (Lipinski definition) is 4. The van der Waals surface area contributed by atoms with Gasteiger partial charge >= 0.3 is 7.12 Å². The highest BCUT2D eigenvalue weighted by molar-refractivity contribution is 6.62. The predicted octanol–water partition coefficient (Wildman–Crippen LogP) is 1.01. The number of nitrogen functional groups attached to an aromatic ring is 1. The summed E-state index contributed by atoms with van der Waals surface area (Å²) in [6, 6.07) is 1.80. The van der Waals surface area contributed by atoms with Crippen LogP contribution < -0.4 is 11.2 Å². The molecule has 0 bridgehead atoms. The Morgan fingerprint density at radius 1 is 1.50 bits per heavy atom. The first-order valence-electron chi connectivity index (χ1n) is 5.16. The molecular weight excluding hydrogens is 203 g/mol. The lowest BCUT2D eigenvalue weighted by molar-refractivity contribution is 0.173. The van der Waals surface area contributed by atoms with Crippen LogP contribution in [0.25, 0.3) is 0 Å². The van der Waals surface area contributed by atoms with Crippen LogP contribution in [0.5, 0.6) is 0 Å². The molecule has 1 fully saturated rings. The van der Waals surface area contributed by atoms with Gasteiger partial charge in [0.1, 0.15) is 11.4 Å². The maximum Gasteiger partial charge on any atom is 0.565 e. The number of aromatic nitrogens is 1. The van der Waals surface area contributed by atoms with E-state index in [0.717, 1.165) is 11.0 Å². The van der Waals surface area contributed by atoms with Gasteiger partial charge in [-0.1, -0.05) is 6.58 Å². The van der Waals surface area contributed by atoms with Crippen LogP contribution in [-0.2, 0) is 9.31 Å². The highest BCUT2D eigenvalue weighted by Gasteiger charge is 2.43. The van der Waals surface area contributed by atoms with Crippen molar-refractivity contribution in [2.45, 2.75) is 26.4 Å². The van der Waals surface area contributed by atoms with E-state index in [1.165, 1.54) is 0 Å². The van der Waals surface area contributed by atoms with E-state index in [4.69, 9.17) is 15.0 Å². The Bertz CT molecular complexity index is 446. The van der Waals surface area contributed by atoms with Gasteiger partial charge in [0.25, 0.3) is 0 Å². The number of nitrogens with zero attached hydrogens (tertiary/aromatic N) is 1. The Hall–Kier alpha value is -1.49. The minimum atomic E-state index is -0.460. The molecule has 0 amide bonds. The third kappa shape index (κ3) is 1.78. The molecule has 1 saturated heterocycles. The van der Waals surface area contributed by atoms with Gasteiger partial charge in [-0.15, -0.1) is 0 Å². The van der Waals surface area contributed by atoms with Crippen LogP contribution in [0.1, 0.15) is 19.4 Å². The van der Waals surface area contributed by atoms with Crippen molar-refractivity contribution in [2.24, 2.45) is 0 Å². The molecule has 0 aromatic carbocycles. The molecule has 0 spiro atoms. The molecule has 1 aromatic heterocycles. The summed E-state index contributed by atoms with van der Waals surface area (Å²) in [5, 5.41) is 0. The Morgan fingerprint density at radius 3 is 2.69 bits per heavy atom. The molecule has 1 aliphatic heterocycles. The molecule has 0 saturated carbocycles. The molecule has 2 rings (SSSR count). The second-order valence-electron chi connectivity index (χ2n) is 4.47. The van der Waals surface area contributed by atoms with Crippen molar-refractivity contribution in [3.63, 3.8) is 0 Å². The van der Waals surface area contributed by atoms with Crippen molar-refractivity contribution in [3.8, 4) is 0 Å². The molecule has 84 valence electrons. The molecule has 0 atom stereocenters. The molecule has 2 heterocycles. The monoisotopic (exact) mass is 218 g/mol. The first kappa shape index (κ1) is 11.0. The van der Waals surface area contributed by atoms with Crippen LogP contribution in [0, 0.1) is 6.92 Å². The molecule has 1 aromatic rings. The number of nitrogens with two attached hydrogens (primary N) is 1. The quantitative estimate of drug-likeness (QED) is 0.714. The lowest BCUT2D eigenvalue weighted by atomic mass is 9.77.